The number of ether oxygens (including phenoxy) is 2. The van der Waals surface area contributed by atoms with Crippen LogP contribution in [0.2, 0.25) is 0 Å². The van der Waals surface area contributed by atoms with E-state index in [0.717, 1.165) is 12.8 Å². The van der Waals surface area contributed by atoms with Crippen LogP contribution in [0.25, 0.3) is 5.76 Å². The topological polar surface area (TPSA) is 76.1 Å². The van der Waals surface area contributed by atoms with Crippen molar-refractivity contribution in [3.63, 3.8) is 0 Å². The maximum absolute atomic E-state index is 13.5. The molecule has 1 N–H and O–H groups in total. The molecule has 178 valence electrons. The standard InChI is InChI=1S/C28H24FNO5/c29-20-13-11-18(12-14-20)26(31)24-25(30(28(33)27(24)32)17-23-10-5-15-34-23)19-6-4-9-22(16-19)35-21-7-2-1-3-8-21/h1-4,6-9,11-14,16,23,25,31H,5,10,15,17H2/t23-,25+/m0/s1. The Balaban J connectivity index is 1.58. The molecule has 3 aromatic carbocycles. The molecule has 6 nitrogen and oxygen atoms in total. The number of nitrogens with zero attached hydrogens (tertiary/aromatic N) is 1. The van der Waals surface area contributed by atoms with E-state index in [1.54, 1.807) is 24.3 Å². The molecule has 3 aromatic rings. The lowest BCUT2D eigenvalue weighted by molar-refractivity contribution is -0.140. The quantitative estimate of drug-likeness (QED) is 0.302. The average Bonchev–Trinajstić information content (AvgIpc) is 3.47. The number of benzene rings is 3. The third-order valence-corrected chi connectivity index (χ3v) is 6.23. The van der Waals surface area contributed by atoms with E-state index in [0.29, 0.717) is 23.7 Å². The largest absolute Gasteiger partial charge is 0.507 e. The van der Waals surface area contributed by atoms with Crippen LogP contribution >= 0.6 is 0 Å². The van der Waals surface area contributed by atoms with E-state index in [1.807, 2.05) is 30.3 Å². The first-order valence-corrected chi connectivity index (χ1v) is 11.5. The van der Waals surface area contributed by atoms with Crippen molar-refractivity contribution in [1.29, 1.82) is 0 Å². The van der Waals surface area contributed by atoms with Crippen molar-refractivity contribution in [1.82, 2.24) is 4.90 Å². The van der Waals surface area contributed by atoms with E-state index in [1.165, 1.54) is 29.2 Å². The van der Waals surface area contributed by atoms with Gasteiger partial charge >= 0.3 is 0 Å². The van der Waals surface area contributed by atoms with Crippen LogP contribution < -0.4 is 4.74 Å². The lowest BCUT2D eigenvalue weighted by Crippen LogP contribution is -2.36. The highest BCUT2D eigenvalue weighted by Crippen LogP contribution is 2.41. The van der Waals surface area contributed by atoms with Gasteiger partial charge in [0.05, 0.1) is 17.7 Å². The third-order valence-electron chi connectivity index (χ3n) is 6.23. The van der Waals surface area contributed by atoms with Gasteiger partial charge in [0, 0.05) is 18.7 Å². The van der Waals surface area contributed by atoms with Crippen molar-refractivity contribution in [2.75, 3.05) is 13.2 Å². The van der Waals surface area contributed by atoms with Gasteiger partial charge in [0.25, 0.3) is 11.7 Å². The minimum atomic E-state index is -0.844. The average molecular weight is 474 g/mol. The highest BCUT2D eigenvalue weighted by atomic mass is 19.1. The Morgan fingerprint density at radius 2 is 1.74 bits per heavy atom. The second kappa shape index (κ2) is 9.72. The van der Waals surface area contributed by atoms with Crippen LogP contribution in [-0.4, -0.2) is 41.0 Å². The molecule has 2 heterocycles. The Kier molecular flexibility index (Phi) is 6.33. The van der Waals surface area contributed by atoms with Crippen molar-refractivity contribution in [3.05, 3.63) is 101 Å². The van der Waals surface area contributed by atoms with Gasteiger partial charge in [-0.15, -0.1) is 0 Å². The van der Waals surface area contributed by atoms with E-state index >= 15 is 0 Å². The number of hydrogen-bond acceptors (Lipinski definition) is 5. The zero-order valence-electron chi connectivity index (χ0n) is 18.9. The van der Waals surface area contributed by atoms with E-state index in [-0.39, 0.29) is 29.5 Å². The van der Waals surface area contributed by atoms with Gasteiger partial charge in [-0.1, -0.05) is 30.3 Å². The Hall–Kier alpha value is -3.97. The number of aliphatic hydroxyl groups is 1. The van der Waals surface area contributed by atoms with E-state index in [4.69, 9.17) is 9.47 Å². The van der Waals surface area contributed by atoms with E-state index < -0.39 is 23.5 Å². The van der Waals surface area contributed by atoms with Gasteiger partial charge in [-0.2, -0.15) is 0 Å². The van der Waals surface area contributed by atoms with E-state index in [9.17, 15) is 19.1 Å². The number of rotatable bonds is 6. The second-order valence-corrected chi connectivity index (χ2v) is 8.58. The highest BCUT2D eigenvalue weighted by molar-refractivity contribution is 6.46. The summed E-state index contributed by atoms with van der Waals surface area (Å²) in [5.74, 6) is -1.14. The molecule has 2 aliphatic rings. The van der Waals surface area contributed by atoms with Crippen molar-refractivity contribution < 1.29 is 28.6 Å². The van der Waals surface area contributed by atoms with Gasteiger partial charge in [0.2, 0.25) is 0 Å². The second-order valence-electron chi connectivity index (χ2n) is 8.58. The van der Waals surface area contributed by atoms with Crippen molar-refractivity contribution >= 4 is 17.4 Å². The smallest absolute Gasteiger partial charge is 0.295 e. The Labute approximate surface area is 202 Å². The van der Waals surface area contributed by atoms with Crippen LogP contribution in [0.15, 0.2) is 84.4 Å². The molecule has 0 spiro atoms. The lowest BCUT2D eigenvalue weighted by atomic mass is 9.95. The van der Waals surface area contributed by atoms with Gasteiger partial charge in [-0.25, -0.2) is 4.39 Å². The molecule has 1 amide bonds. The van der Waals surface area contributed by atoms with Crippen LogP contribution in [0.3, 0.4) is 0 Å². The highest BCUT2D eigenvalue weighted by Gasteiger charge is 2.47. The summed E-state index contributed by atoms with van der Waals surface area (Å²) in [6.45, 7) is 0.828. The van der Waals surface area contributed by atoms with Crippen molar-refractivity contribution in [2.24, 2.45) is 0 Å². The fraction of sp³-hybridized carbons (Fsp3) is 0.214. The number of Topliss-reactive ketones (excluding diaryl/α,β-unsaturated/α-hetero) is 1. The van der Waals surface area contributed by atoms with Crippen LogP contribution in [0, 0.1) is 5.82 Å². The predicted molar refractivity (Wildman–Crippen MR) is 127 cm³/mol. The molecule has 7 heteroatoms. The van der Waals surface area contributed by atoms with Gasteiger partial charge in [0.15, 0.2) is 0 Å². The van der Waals surface area contributed by atoms with Crippen LogP contribution in [0.4, 0.5) is 4.39 Å². The molecule has 2 saturated heterocycles. The first-order chi connectivity index (χ1) is 17.0. The molecule has 2 aliphatic heterocycles. The van der Waals surface area contributed by atoms with Gasteiger partial charge in [-0.05, 0) is 66.9 Å². The van der Waals surface area contributed by atoms with Crippen molar-refractivity contribution in [2.45, 2.75) is 25.0 Å². The molecule has 2 atom stereocenters. The molecule has 0 saturated carbocycles. The number of carbonyl (C=O) groups excluding carboxylic acids is 2. The third kappa shape index (κ3) is 4.68. The van der Waals surface area contributed by atoms with Gasteiger partial charge in [0.1, 0.15) is 23.1 Å². The van der Waals surface area contributed by atoms with Crippen LogP contribution in [0.1, 0.15) is 30.0 Å². The van der Waals surface area contributed by atoms with Crippen LogP contribution in [0.5, 0.6) is 11.5 Å². The molecule has 35 heavy (non-hydrogen) atoms. The fourth-order valence-electron chi connectivity index (χ4n) is 4.56. The zero-order valence-corrected chi connectivity index (χ0v) is 18.9. The summed E-state index contributed by atoms with van der Waals surface area (Å²) in [4.78, 5) is 27.8. The number of amides is 1. The Morgan fingerprint density at radius 3 is 2.46 bits per heavy atom. The van der Waals surface area contributed by atoms with Gasteiger partial charge < -0.3 is 19.5 Å². The summed E-state index contributed by atoms with van der Waals surface area (Å²) in [5.41, 5.74) is 0.818. The minimum Gasteiger partial charge on any atom is -0.507 e. The molecular formula is C28H24FNO5. The summed E-state index contributed by atoms with van der Waals surface area (Å²) in [7, 11) is 0. The number of hydrogen-bond donors (Lipinski definition) is 1. The summed E-state index contributed by atoms with van der Waals surface area (Å²) in [6.07, 6.45) is 1.48. The Morgan fingerprint density at radius 1 is 1.00 bits per heavy atom. The molecule has 2 fully saturated rings. The summed E-state index contributed by atoms with van der Waals surface area (Å²) < 4.78 is 25.2. The number of aliphatic hydroxyl groups excluding tert-OH is 1. The molecule has 0 radical (unpaired) electrons. The lowest BCUT2D eigenvalue weighted by Gasteiger charge is -2.27. The predicted octanol–water partition coefficient (Wildman–Crippen LogP) is 5.22. The number of likely N-dealkylation sites (tertiary alicyclic amines) is 1. The molecule has 0 unspecified atom stereocenters. The van der Waals surface area contributed by atoms with Gasteiger partial charge in [-0.3, -0.25) is 9.59 Å². The molecule has 5 rings (SSSR count). The minimum absolute atomic E-state index is 0.0449. The van der Waals surface area contributed by atoms with Crippen molar-refractivity contribution in [3.8, 4) is 11.5 Å². The summed E-state index contributed by atoms with van der Waals surface area (Å²) in [6, 6.07) is 20.7. The monoisotopic (exact) mass is 473 g/mol. The zero-order chi connectivity index (χ0) is 24.4. The summed E-state index contributed by atoms with van der Waals surface area (Å²) >= 11 is 0. The molecule has 0 aliphatic carbocycles. The first kappa shape index (κ1) is 22.8. The molecule has 0 bridgehead atoms. The normalized spacial score (nSPS) is 21.5. The summed E-state index contributed by atoms with van der Waals surface area (Å²) in [5, 5.41) is 11.1. The number of carbonyl (C=O) groups is 2. The maximum Gasteiger partial charge on any atom is 0.295 e. The van der Waals surface area contributed by atoms with E-state index in [2.05, 4.69) is 0 Å². The maximum atomic E-state index is 13.5. The Bertz CT molecular complexity index is 1270. The number of ketones is 1. The number of para-hydroxylation sites is 1. The SMILES string of the molecule is O=C1C(=O)N(C[C@@H]2CCCO2)[C@H](c2cccc(Oc3ccccc3)c2)C1=C(O)c1ccc(F)cc1. The molecular weight excluding hydrogens is 449 g/mol. The van der Waals surface area contributed by atoms with Crippen LogP contribution in [-0.2, 0) is 14.3 Å². The molecule has 0 aromatic heterocycles. The fourth-order valence-corrected chi connectivity index (χ4v) is 4.56. The number of halogens is 1. The first-order valence-electron chi connectivity index (χ1n) is 11.5.